The molecule has 1 amide bonds. The van der Waals surface area contributed by atoms with Gasteiger partial charge in [-0.3, -0.25) is 4.79 Å². The van der Waals surface area contributed by atoms with Crippen LogP contribution in [0, 0.1) is 5.92 Å². The second-order valence-electron chi connectivity index (χ2n) is 5.76. The lowest BCUT2D eigenvalue weighted by atomic mass is 9.98. The Labute approximate surface area is 111 Å². The first-order valence-corrected chi connectivity index (χ1v) is 7.66. The van der Waals surface area contributed by atoms with Gasteiger partial charge in [-0.15, -0.1) is 0 Å². The predicted octanol–water partition coefficient (Wildman–Crippen LogP) is 2.33. The number of halogens is 1. The van der Waals surface area contributed by atoms with Crippen LogP contribution in [0.15, 0.2) is 0 Å². The number of carbonyl (C=O) groups excluding carboxylic acids is 1. The van der Waals surface area contributed by atoms with E-state index in [1.54, 1.807) is 0 Å². The smallest absolute Gasteiger partial charge is 0.252 e. The lowest BCUT2D eigenvalue weighted by Crippen LogP contribution is -2.51. The van der Waals surface area contributed by atoms with Gasteiger partial charge in [-0.2, -0.15) is 0 Å². The number of nitrogens with zero attached hydrogens (tertiary/aromatic N) is 1. The van der Waals surface area contributed by atoms with Crippen LogP contribution >= 0.6 is 15.9 Å². The molecule has 3 aliphatic heterocycles. The standard InChI is InChI=1S/C13H20BrNO2/c1-8-4-5-17-12(8)13(16)15-10-2-3-11(15)7-9(14)6-10/h8-12H,2-7H2,1H3. The summed E-state index contributed by atoms with van der Waals surface area (Å²) in [7, 11) is 0. The van der Waals surface area contributed by atoms with E-state index in [0.717, 1.165) is 25.9 Å². The maximum Gasteiger partial charge on any atom is 0.252 e. The molecule has 17 heavy (non-hydrogen) atoms. The van der Waals surface area contributed by atoms with Crippen molar-refractivity contribution in [2.45, 2.75) is 62.0 Å². The molecule has 0 radical (unpaired) electrons. The van der Waals surface area contributed by atoms with Gasteiger partial charge < -0.3 is 9.64 Å². The number of amides is 1. The zero-order chi connectivity index (χ0) is 12.0. The Morgan fingerprint density at radius 3 is 2.41 bits per heavy atom. The third-order valence-electron chi connectivity index (χ3n) is 4.56. The summed E-state index contributed by atoms with van der Waals surface area (Å²) in [5.74, 6) is 0.658. The van der Waals surface area contributed by atoms with Crippen LogP contribution in [0.3, 0.4) is 0 Å². The molecule has 3 fully saturated rings. The van der Waals surface area contributed by atoms with Crippen molar-refractivity contribution in [3.8, 4) is 0 Å². The topological polar surface area (TPSA) is 29.5 Å². The van der Waals surface area contributed by atoms with E-state index in [0.29, 0.717) is 22.8 Å². The minimum atomic E-state index is -0.162. The summed E-state index contributed by atoms with van der Waals surface area (Å²) in [5.41, 5.74) is 0. The summed E-state index contributed by atoms with van der Waals surface area (Å²) in [6.07, 6.45) is 5.46. The molecule has 3 heterocycles. The number of piperidine rings is 1. The Kier molecular flexibility index (Phi) is 3.20. The van der Waals surface area contributed by atoms with Crippen molar-refractivity contribution in [1.82, 2.24) is 4.90 Å². The number of carbonyl (C=O) groups is 1. The van der Waals surface area contributed by atoms with Crippen LogP contribution in [0.25, 0.3) is 0 Å². The van der Waals surface area contributed by atoms with Crippen LogP contribution in [0.4, 0.5) is 0 Å². The fourth-order valence-electron chi connectivity index (χ4n) is 3.63. The van der Waals surface area contributed by atoms with Crippen molar-refractivity contribution in [1.29, 1.82) is 0 Å². The molecule has 0 aliphatic carbocycles. The Balaban J connectivity index is 1.74. The fourth-order valence-corrected chi connectivity index (χ4v) is 4.49. The highest BCUT2D eigenvalue weighted by atomic mass is 79.9. The van der Waals surface area contributed by atoms with Gasteiger partial charge in [0.1, 0.15) is 6.10 Å². The van der Waals surface area contributed by atoms with Crippen molar-refractivity contribution in [2.75, 3.05) is 6.61 Å². The molecule has 0 aromatic heterocycles. The molecule has 0 aromatic carbocycles. The van der Waals surface area contributed by atoms with Gasteiger partial charge in [0, 0.05) is 23.5 Å². The fraction of sp³-hybridized carbons (Fsp3) is 0.923. The number of hydrogen-bond acceptors (Lipinski definition) is 2. The molecule has 0 spiro atoms. The lowest BCUT2D eigenvalue weighted by Gasteiger charge is -2.38. The predicted molar refractivity (Wildman–Crippen MR) is 69.1 cm³/mol. The number of hydrogen-bond donors (Lipinski definition) is 0. The van der Waals surface area contributed by atoms with E-state index in [-0.39, 0.29) is 12.0 Å². The number of fused-ring (bicyclic) bond motifs is 2. The number of rotatable bonds is 1. The van der Waals surface area contributed by atoms with Crippen molar-refractivity contribution in [3.05, 3.63) is 0 Å². The van der Waals surface area contributed by atoms with E-state index in [1.807, 2.05) is 0 Å². The molecule has 0 N–H and O–H groups in total. The molecule has 4 unspecified atom stereocenters. The molecule has 3 rings (SSSR count). The normalized spacial score (nSPS) is 45.3. The maximum atomic E-state index is 12.6. The van der Waals surface area contributed by atoms with Gasteiger partial charge in [0.25, 0.3) is 5.91 Å². The molecular weight excluding hydrogens is 282 g/mol. The zero-order valence-electron chi connectivity index (χ0n) is 10.3. The molecule has 3 nitrogen and oxygen atoms in total. The second kappa shape index (κ2) is 4.54. The molecule has 0 saturated carbocycles. The largest absolute Gasteiger partial charge is 0.368 e. The average molecular weight is 302 g/mol. The molecule has 3 aliphatic rings. The maximum absolute atomic E-state index is 12.6. The average Bonchev–Trinajstić information content (AvgIpc) is 2.81. The number of alkyl halides is 1. The zero-order valence-corrected chi connectivity index (χ0v) is 11.9. The van der Waals surface area contributed by atoms with Crippen molar-refractivity contribution < 1.29 is 9.53 Å². The molecule has 2 bridgehead atoms. The van der Waals surface area contributed by atoms with Gasteiger partial charge in [-0.05, 0) is 38.0 Å². The molecule has 4 atom stereocenters. The Morgan fingerprint density at radius 1 is 1.24 bits per heavy atom. The summed E-state index contributed by atoms with van der Waals surface area (Å²) >= 11 is 3.71. The summed E-state index contributed by atoms with van der Waals surface area (Å²) in [4.78, 5) is 15.3. The van der Waals surface area contributed by atoms with Gasteiger partial charge >= 0.3 is 0 Å². The molecular formula is C13H20BrNO2. The van der Waals surface area contributed by atoms with Gasteiger partial charge in [0.15, 0.2) is 0 Å². The minimum Gasteiger partial charge on any atom is -0.368 e. The third-order valence-corrected chi connectivity index (χ3v) is 5.31. The highest BCUT2D eigenvalue weighted by Gasteiger charge is 2.46. The van der Waals surface area contributed by atoms with Gasteiger partial charge in [0.2, 0.25) is 0 Å². The van der Waals surface area contributed by atoms with Crippen LogP contribution in [0.5, 0.6) is 0 Å². The monoisotopic (exact) mass is 301 g/mol. The summed E-state index contributed by atoms with van der Waals surface area (Å²) in [6, 6.07) is 0.920. The summed E-state index contributed by atoms with van der Waals surface area (Å²) in [5, 5.41) is 0. The van der Waals surface area contributed by atoms with Crippen molar-refractivity contribution >= 4 is 21.8 Å². The van der Waals surface area contributed by atoms with E-state index in [1.165, 1.54) is 12.8 Å². The first-order valence-electron chi connectivity index (χ1n) is 6.74. The Bertz CT molecular complexity index is 309. The first-order chi connectivity index (χ1) is 8.16. The quantitative estimate of drug-likeness (QED) is 0.696. The summed E-state index contributed by atoms with van der Waals surface area (Å²) in [6.45, 7) is 2.89. The van der Waals surface area contributed by atoms with E-state index in [4.69, 9.17) is 4.74 Å². The van der Waals surface area contributed by atoms with E-state index >= 15 is 0 Å². The van der Waals surface area contributed by atoms with Crippen LogP contribution in [0.1, 0.15) is 39.0 Å². The van der Waals surface area contributed by atoms with E-state index in [9.17, 15) is 4.79 Å². The van der Waals surface area contributed by atoms with Crippen LogP contribution < -0.4 is 0 Å². The molecule has 96 valence electrons. The van der Waals surface area contributed by atoms with Crippen LogP contribution in [-0.2, 0) is 9.53 Å². The van der Waals surface area contributed by atoms with E-state index < -0.39 is 0 Å². The first kappa shape index (κ1) is 12.0. The highest BCUT2D eigenvalue weighted by Crippen LogP contribution is 2.39. The highest BCUT2D eigenvalue weighted by molar-refractivity contribution is 9.09. The minimum absolute atomic E-state index is 0.162. The Morgan fingerprint density at radius 2 is 1.88 bits per heavy atom. The molecule has 0 aromatic rings. The van der Waals surface area contributed by atoms with Crippen LogP contribution in [-0.4, -0.2) is 40.4 Å². The van der Waals surface area contributed by atoms with Gasteiger partial charge in [-0.1, -0.05) is 22.9 Å². The van der Waals surface area contributed by atoms with Crippen molar-refractivity contribution in [2.24, 2.45) is 5.92 Å². The summed E-state index contributed by atoms with van der Waals surface area (Å²) < 4.78 is 5.63. The molecule has 3 saturated heterocycles. The Hall–Kier alpha value is -0.0900. The van der Waals surface area contributed by atoms with Crippen molar-refractivity contribution in [3.63, 3.8) is 0 Å². The number of ether oxygens (including phenoxy) is 1. The second-order valence-corrected chi connectivity index (χ2v) is 7.05. The van der Waals surface area contributed by atoms with E-state index in [2.05, 4.69) is 27.8 Å². The SMILES string of the molecule is CC1CCOC1C(=O)N1C2CCC1CC(Br)C2. The van der Waals surface area contributed by atoms with Gasteiger partial charge in [0.05, 0.1) is 0 Å². The lowest BCUT2D eigenvalue weighted by molar-refractivity contribution is -0.146. The molecule has 4 heteroatoms. The third kappa shape index (κ3) is 2.03. The van der Waals surface area contributed by atoms with Crippen LogP contribution in [0.2, 0.25) is 0 Å². The van der Waals surface area contributed by atoms with Gasteiger partial charge in [-0.25, -0.2) is 0 Å².